The van der Waals surface area contributed by atoms with Gasteiger partial charge in [-0.2, -0.15) is 0 Å². The second-order valence-electron chi connectivity index (χ2n) is 4.57. The largest absolute Gasteiger partial charge is 0.467 e. The van der Waals surface area contributed by atoms with Crippen LogP contribution in [0.1, 0.15) is 36.5 Å². The molecule has 0 fully saturated rings. The van der Waals surface area contributed by atoms with Crippen LogP contribution in [0.4, 0.5) is 0 Å². The van der Waals surface area contributed by atoms with E-state index in [1.807, 2.05) is 25.5 Å². The summed E-state index contributed by atoms with van der Waals surface area (Å²) in [5, 5.41) is 3.48. The fourth-order valence-electron chi connectivity index (χ4n) is 2.22. The van der Waals surface area contributed by atoms with Crippen LogP contribution in [-0.2, 0) is 13.5 Å². The number of aromatic nitrogens is 2. The van der Waals surface area contributed by atoms with E-state index >= 15 is 0 Å². The summed E-state index contributed by atoms with van der Waals surface area (Å²) in [4.78, 5) is 4.36. The lowest BCUT2D eigenvalue weighted by molar-refractivity contribution is 0.396. The van der Waals surface area contributed by atoms with Crippen molar-refractivity contribution in [1.29, 1.82) is 0 Å². The molecule has 2 aromatic rings. The highest BCUT2D eigenvalue weighted by Gasteiger charge is 2.16. The van der Waals surface area contributed by atoms with Gasteiger partial charge in [-0.1, -0.05) is 6.92 Å². The van der Waals surface area contributed by atoms with Gasteiger partial charge in [0.05, 0.1) is 12.3 Å². The average molecular weight is 247 g/mol. The lowest BCUT2D eigenvalue weighted by atomic mass is 10.1. The standard InChI is InChI=1S/C14H21N3O/c1-4-15-12(14-11(2)7-10-18-14)5-6-13-16-8-9-17(13)3/h7-10,12,15H,4-6H2,1-3H3. The Hall–Kier alpha value is -1.55. The Kier molecular flexibility index (Phi) is 4.20. The second kappa shape index (κ2) is 5.87. The molecular weight excluding hydrogens is 226 g/mol. The maximum Gasteiger partial charge on any atom is 0.123 e. The molecule has 4 nitrogen and oxygen atoms in total. The second-order valence-corrected chi connectivity index (χ2v) is 4.57. The van der Waals surface area contributed by atoms with E-state index in [1.165, 1.54) is 5.56 Å². The van der Waals surface area contributed by atoms with Crippen LogP contribution < -0.4 is 5.32 Å². The molecule has 0 amide bonds. The van der Waals surface area contributed by atoms with E-state index in [0.717, 1.165) is 31.0 Å². The third-order valence-corrected chi connectivity index (χ3v) is 3.25. The van der Waals surface area contributed by atoms with Gasteiger partial charge in [0.25, 0.3) is 0 Å². The third kappa shape index (κ3) is 2.82. The number of nitrogens with one attached hydrogen (secondary N) is 1. The first-order chi connectivity index (χ1) is 8.72. The molecule has 4 heteroatoms. The van der Waals surface area contributed by atoms with Crippen molar-refractivity contribution in [3.05, 3.63) is 41.9 Å². The van der Waals surface area contributed by atoms with Crippen LogP contribution in [0.25, 0.3) is 0 Å². The molecule has 0 spiro atoms. The summed E-state index contributed by atoms with van der Waals surface area (Å²) in [5.74, 6) is 2.16. The fourth-order valence-corrected chi connectivity index (χ4v) is 2.22. The van der Waals surface area contributed by atoms with E-state index in [9.17, 15) is 0 Å². The van der Waals surface area contributed by atoms with Gasteiger partial charge in [-0.25, -0.2) is 4.98 Å². The lowest BCUT2D eigenvalue weighted by Crippen LogP contribution is -2.22. The Morgan fingerprint density at radius 1 is 1.50 bits per heavy atom. The monoisotopic (exact) mass is 247 g/mol. The first kappa shape index (κ1) is 12.9. The van der Waals surface area contributed by atoms with E-state index in [4.69, 9.17) is 4.42 Å². The highest BCUT2D eigenvalue weighted by molar-refractivity contribution is 5.18. The van der Waals surface area contributed by atoms with Crippen molar-refractivity contribution < 1.29 is 4.42 Å². The molecule has 0 aliphatic rings. The van der Waals surface area contributed by atoms with Crippen LogP contribution in [-0.4, -0.2) is 16.1 Å². The number of imidazole rings is 1. The molecule has 0 aliphatic carbocycles. The normalized spacial score (nSPS) is 12.8. The number of rotatable bonds is 6. The number of furan rings is 1. The number of nitrogens with zero attached hydrogens (tertiary/aromatic N) is 2. The van der Waals surface area contributed by atoms with E-state index in [0.29, 0.717) is 0 Å². The van der Waals surface area contributed by atoms with Crippen molar-refractivity contribution in [1.82, 2.24) is 14.9 Å². The topological polar surface area (TPSA) is 43.0 Å². The van der Waals surface area contributed by atoms with Gasteiger partial charge >= 0.3 is 0 Å². The van der Waals surface area contributed by atoms with E-state index < -0.39 is 0 Å². The molecule has 2 aromatic heterocycles. The number of aryl methyl sites for hydroxylation is 3. The zero-order valence-corrected chi connectivity index (χ0v) is 11.3. The van der Waals surface area contributed by atoms with Gasteiger partial charge in [0.15, 0.2) is 0 Å². The Morgan fingerprint density at radius 2 is 2.33 bits per heavy atom. The molecule has 0 aliphatic heterocycles. The minimum absolute atomic E-state index is 0.265. The predicted molar refractivity (Wildman–Crippen MR) is 71.4 cm³/mol. The van der Waals surface area contributed by atoms with Gasteiger partial charge in [-0.15, -0.1) is 0 Å². The Morgan fingerprint density at radius 3 is 2.89 bits per heavy atom. The zero-order valence-electron chi connectivity index (χ0n) is 11.3. The maximum absolute atomic E-state index is 5.59. The molecule has 0 aromatic carbocycles. The van der Waals surface area contributed by atoms with Crippen LogP contribution in [0.3, 0.4) is 0 Å². The number of hydrogen-bond acceptors (Lipinski definition) is 3. The van der Waals surface area contributed by atoms with Crippen LogP contribution in [0.2, 0.25) is 0 Å². The molecular formula is C14H21N3O. The predicted octanol–water partition coefficient (Wildman–Crippen LogP) is 2.60. The van der Waals surface area contributed by atoms with Crippen LogP contribution in [0, 0.1) is 6.92 Å². The molecule has 0 radical (unpaired) electrons. The number of hydrogen-bond donors (Lipinski definition) is 1. The minimum Gasteiger partial charge on any atom is -0.467 e. The van der Waals surface area contributed by atoms with Gasteiger partial charge in [-0.05, 0) is 31.5 Å². The van der Waals surface area contributed by atoms with E-state index in [1.54, 1.807) is 6.26 Å². The molecule has 1 N–H and O–H groups in total. The summed E-state index contributed by atoms with van der Waals surface area (Å²) in [7, 11) is 2.03. The molecule has 0 saturated heterocycles. The summed E-state index contributed by atoms with van der Waals surface area (Å²) in [6.07, 6.45) is 7.52. The summed E-state index contributed by atoms with van der Waals surface area (Å²) in [6, 6.07) is 2.28. The van der Waals surface area contributed by atoms with Crippen LogP contribution in [0.5, 0.6) is 0 Å². The third-order valence-electron chi connectivity index (χ3n) is 3.25. The molecule has 2 heterocycles. The minimum atomic E-state index is 0.265. The fraction of sp³-hybridized carbons (Fsp3) is 0.500. The lowest BCUT2D eigenvalue weighted by Gasteiger charge is -2.16. The summed E-state index contributed by atoms with van der Waals surface area (Å²) in [5.41, 5.74) is 1.21. The maximum atomic E-state index is 5.59. The molecule has 0 saturated carbocycles. The molecule has 18 heavy (non-hydrogen) atoms. The highest BCUT2D eigenvalue weighted by atomic mass is 16.3. The quantitative estimate of drug-likeness (QED) is 0.853. The van der Waals surface area contributed by atoms with Gasteiger partial charge in [0, 0.05) is 25.9 Å². The highest BCUT2D eigenvalue weighted by Crippen LogP contribution is 2.22. The smallest absolute Gasteiger partial charge is 0.123 e. The van der Waals surface area contributed by atoms with Crippen molar-refractivity contribution in [2.45, 2.75) is 32.7 Å². The first-order valence-electron chi connectivity index (χ1n) is 6.46. The van der Waals surface area contributed by atoms with Gasteiger partial charge in [0.2, 0.25) is 0 Å². The Bertz CT molecular complexity index is 487. The zero-order chi connectivity index (χ0) is 13.0. The van der Waals surface area contributed by atoms with E-state index in [-0.39, 0.29) is 6.04 Å². The van der Waals surface area contributed by atoms with Crippen molar-refractivity contribution in [3.8, 4) is 0 Å². The molecule has 2 rings (SSSR count). The summed E-state index contributed by atoms with van der Waals surface area (Å²) >= 11 is 0. The summed E-state index contributed by atoms with van der Waals surface area (Å²) in [6.45, 7) is 5.14. The van der Waals surface area contributed by atoms with Gasteiger partial charge < -0.3 is 14.3 Å². The van der Waals surface area contributed by atoms with Gasteiger partial charge in [0.1, 0.15) is 11.6 Å². The van der Waals surface area contributed by atoms with Crippen molar-refractivity contribution in [2.75, 3.05) is 6.54 Å². The molecule has 98 valence electrons. The van der Waals surface area contributed by atoms with Crippen molar-refractivity contribution >= 4 is 0 Å². The molecule has 0 bridgehead atoms. The molecule has 1 unspecified atom stereocenters. The first-order valence-corrected chi connectivity index (χ1v) is 6.46. The van der Waals surface area contributed by atoms with Crippen molar-refractivity contribution in [3.63, 3.8) is 0 Å². The Balaban J connectivity index is 2.03. The molecule has 1 atom stereocenters. The van der Waals surface area contributed by atoms with Crippen LogP contribution in [0.15, 0.2) is 29.1 Å². The summed E-state index contributed by atoms with van der Waals surface area (Å²) < 4.78 is 7.66. The Labute approximate surface area is 108 Å². The van der Waals surface area contributed by atoms with Crippen molar-refractivity contribution in [2.24, 2.45) is 7.05 Å². The van der Waals surface area contributed by atoms with Crippen LogP contribution >= 0.6 is 0 Å². The van der Waals surface area contributed by atoms with E-state index in [2.05, 4.69) is 28.7 Å². The SMILES string of the molecule is CCNC(CCc1nccn1C)c1occc1C. The average Bonchev–Trinajstić information content (AvgIpc) is 2.94. The van der Waals surface area contributed by atoms with Gasteiger partial charge in [-0.3, -0.25) is 0 Å².